The van der Waals surface area contributed by atoms with Crippen LogP contribution in [0.2, 0.25) is 0 Å². The molecular formula is C7H10O2. The van der Waals surface area contributed by atoms with Gasteiger partial charge in [-0.05, 0) is 25.2 Å². The average Bonchev–Trinajstić information content (AvgIpc) is 2.22. The van der Waals surface area contributed by atoms with E-state index in [1.165, 1.54) is 0 Å². The Hall–Kier alpha value is -0.370. The number of ketones is 1. The number of fused-ring (bicyclic) bond motifs is 2. The van der Waals surface area contributed by atoms with Gasteiger partial charge in [-0.2, -0.15) is 0 Å². The van der Waals surface area contributed by atoms with Gasteiger partial charge in [-0.1, -0.05) is 0 Å². The summed E-state index contributed by atoms with van der Waals surface area (Å²) in [5.74, 6) is 0.598. The normalized spacial score (nSPS) is 48.6. The molecule has 9 heavy (non-hydrogen) atoms. The van der Waals surface area contributed by atoms with Crippen molar-refractivity contribution in [2.75, 3.05) is 0 Å². The molecular weight excluding hydrogens is 116 g/mol. The van der Waals surface area contributed by atoms with Crippen molar-refractivity contribution < 1.29 is 9.90 Å². The second kappa shape index (κ2) is 1.37. The second-order valence-electron chi connectivity index (χ2n) is 3.27. The molecule has 2 bridgehead atoms. The van der Waals surface area contributed by atoms with Crippen LogP contribution >= 0.6 is 0 Å². The lowest BCUT2D eigenvalue weighted by molar-refractivity contribution is -0.134. The van der Waals surface area contributed by atoms with E-state index >= 15 is 0 Å². The third-order valence-electron chi connectivity index (χ3n) is 2.59. The fourth-order valence-electron chi connectivity index (χ4n) is 2.00. The molecule has 50 valence electrons. The largest absolute Gasteiger partial charge is 0.382 e. The number of rotatable bonds is 0. The van der Waals surface area contributed by atoms with Crippen LogP contribution in [0.3, 0.4) is 0 Å². The summed E-state index contributed by atoms with van der Waals surface area (Å²) in [6, 6.07) is 0. The van der Waals surface area contributed by atoms with Gasteiger partial charge >= 0.3 is 0 Å². The molecule has 0 aliphatic heterocycles. The number of carbonyl (C=O) groups is 1. The molecule has 2 rings (SSSR count). The van der Waals surface area contributed by atoms with Crippen LogP contribution in [0.4, 0.5) is 0 Å². The Bertz CT molecular complexity index is 164. The highest BCUT2D eigenvalue weighted by Crippen LogP contribution is 2.44. The van der Waals surface area contributed by atoms with E-state index in [1.807, 2.05) is 0 Å². The van der Waals surface area contributed by atoms with E-state index in [0.29, 0.717) is 12.3 Å². The molecule has 2 atom stereocenters. The lowest BCUT2D eigenvalue weighted by Crippen LogP contribution is -2.31. The third-order valence-corrected chi connectivity index (χ3v) is 2.59. The first kappa shape index (κ1) is 5.42. The van der Waals surface area contributed by atoms with Crippen LogP contribution in [0.15, 0.2) is 0 Å². The van der Waals surface area contributed by atoms with Crippen LogP contribution in [0.25, 0.3) is 0 Å². The maximum absolute atomic E-state index is 10.9. The molecule has 2 aliphatic carbocycles. The fraction of sp³-hybridized carbons (Fsp3) is 0.857. The molecule has 0 saturated heterocycles. The van der Waals surface area contributed by atoms with Crippen LogP contribution in [-0.2, 0) is 4.79 Å². The molecule has 2 aliphatic rings. The number of hydrogen-bond donors (Lipinski definition) is 1. The number of carbonyl (C=O) groups excluding carboxylic acids is 1. The SMILES string of the molecule is O=C1C[C@@H]2CC[C@@]1(O)C2. The Morgan fingerprint density at radius 3 is 2.67 bits per heavy atom. The molecule has 2 fully saturated rings. The van der Waals surface area contributed by atoms with Crippen LogP contribution in [-0.4, -0.2) is 16.5 Å². The minimum atomic E-state index is -0.870. The van der Waals surface area contributed by atoms with Gasteiger partial charge in [0.25, 0.3) is 0 Å². The number of Topliss-reactive ketones (excluding diaryl/α,β-unsaturated/α-hetero) is 1. The second-order valence-corrected chi connectivity index (χ2v) is 3.27. The summed E-state index contributed by atoms with van der Waals surface area (Å²) >= 11 is 0. The van der Waals surface area contributed by atoms with Crippen LogP contribution in [0.5, 0.6) is 0 Å². The van der Waals surface area contributed by atoms with Gasteiger partial charge in [0.05, 0.1) is 0 Å². The smallest absolute Gasteiger partial charge is 0.164 e. The monoisotopic (exact) mass is 126 g/mol. The van der Waals surface area contributed by atoms with Gasteiger partial charge in [0, 0.05) is 6.42 Å². The van der Waals surface area contributed by atoms with Crippen molar-refractivity contribution in [1.29, 1.82) is 0 Å². The summed E-state index contributed by atoms with van der Waals surface area (Å²) in [7, 11) is 0. The van der Waals surface area contributed by atoms with Gasteiger partial charge in [0.1, 0.15) is 5.60 Å². The third kappa shape index (κ3) is 0.568. The van der Waals surface area contributed by atoms with E-state index < -0.39 is 5.60 Å². The summed E-state index contributed by atoms with van der Waals surface area (Å²) in [6.07, 6.45) is 3.15. The Balaban J connectivity index is 2.32. The van der Waals surface area contributed by atoms with Crippen molar-refractivity contribution in [3.05, 3.63) is 0 Å². The van der Waals surface area contributed by atoms with E-state index in [-0.39, 0.29) is 5.78 Å². The highest BCUT2D eigenvalue weighted by Gasteiger charge is 2.50. The summed E-state index contributed by atoms with van der Waals surface area (Å²) < 4.78 is 0. The minimum absolute atomic E-state index is 0.0822. The van der Waals surface area contributed by atoms with E-state index in [0.717, 1.165) is 19.3 Å². The molecule has 0 aromatic rings. The predicted molar refractivity (Wildman–Crippen MR) is 31.9 cm³/mol. The molecule has 0 radical (unpaired) electrons. The van der Waals surface area contributed by atoms with Crippen LogP contribution in [0, 0.1) is 5.92 Å². The van der Waals surface area contributed by atoms with Crippen LogP contribution in [0.1, 0.15) is 25.7 Å². The van der Waals surface area contributed by atoms with Gasteiger partial charge in [-0.15, -0.1) is 0 Å². The minimum Gasteiger partial charge on any atom is -0.382 e. The maximum atomic E-state index is 10.9. The van der Waals surface area contributed by atoms with Crippen molar-refractivity contribution in [3.63, 3.8) is 0 Å². The first-order valence-electron chi connectivity index (χ1n) is 3.46. The molecule has 2 saturated carbocycles. The Labute approximate surface area is 53.9 Å². The Morgan fingerprint density at radius 2 is 2.44 bits per heavy atom. The zero-order valence-electron chi connectivity index (χ0n) is 5.26. The molecule has 0 amide bonds. The molecule has 2 heteroatoms. The molecule has 0 aromatic heterocycles. The van der Waals surface area contributed by atoms with Gasteiger partial charge in [0.2, 0.25) is 0 Å². The molecule has 0 aromatic carbocycles. The lowest BCUT2D eigenvalue weighted by atomic mass is 9.96. The standard InChI is InChI=1S/C7H10O2/c8-6-3-5-1-2-7(6,9)4-5/h5,9H,1-4H2/t5-,7+/m0/s1. The molecule has 2 nitrogen and oxygen atoms in total. The predicted octanol–water partition coefficient (Wildman–Crippen LogP) is 0.490. The Morgan fingerprint density at radius 1 is 1.67 bits per heavy atom. The van der Waals surface area contributed by atoms with E-state index in [9.17, 15) is 9.90 Å². The van der Waals surface area contributed by atoms with Crippen molar-refractivity contribution in [1.82, 2.24) is 0 Å². The first-order valence-corrected chi connectivity index (χ1v) is 3.46. The zero-order valence-corrected chi connectivity index (χ0v) is 5.26. The summed E-state index contributed by atoms with van der Waals surface area (Å²) in [4.78, 5) is 10.9. The van der Waals surface area contributed by atoms with Crippen molar-refractivity contribution >= 4 is 5.78 Å². The van der Waals surface area contributed by atoms with Gasteiger partial charge in [-0.25, -0.2) is 0 Å². The average molecular weight is 126 g/mol. The highest BCUT2D eigenvalue weighted by atomic mass is 16.3. The lowest BCUT2D eigenvalue weighted by Gasteiger charge is -2.16. The number of aliphatic hydroxyl groups is 1. The topological polar surface area (TPSA) is 37.3 Å². The molecule has 0 unspecified atom stereocenters. The van der Waals surface area contributed by atoms with Crippen molar-refractivity contribution in [2.45, 2.75) is 31.3 Å². The molecule has 0 spiro atoms. The summed E-state index contributed by atoms with van der Waals surface area (Å²) in [5, 5.41) is 9.46. The summed E-state index contributed by atoms with van der Waals surface area (Å²) in [6.45, 7) is 0. The Kier molecular flexibility index (Phi) is 0.826. The van der Waals surface area contributed by atoms with Crippen LogP contribution < -0.4 is 0 Å². The van der Waals surface area contributed by atoms with E-state index in [1.54, 1.807) is 0 Å². The number of hydrogen-bond acceptors (Lipinski definition) is 2. The van der Waals surface area contributed by atoms with E-state index in [2.05, 4.69) is 0 Å². The maximum Gasteiger partial charge on any atom is 0.164 e. The fourth-order valence-corrected chi connectivity index (χ4v) is 2.00. The van der Waals surface area contributed by atoms with E-state index in [4.69, 9.17) is 0 Å². The highest BCUT2D eigenvalue weighted by molar-refractivity contribution is 5.90. The molecule has 1 N–H and O–H groups in total. The van der Waals surface area contributed by atoms with Gasteiger partial charge in [0.15, 0.2) is 5.78 Å². The van der Waals surface area contributed by atoms with Crippen molar-refractivity contribution in [3.8, 4) is 0 Å². The van der Waals surface area contributed by atoms with Crippen molar-refractivity contribution in [2.24, 2.45) is 5.92 Å². The van der Waals surface area contributed by atoms with Gasteiger partial charge in [-0.3, -0.25) is 4.79 Å². The summed E-state index contributed by atoms with van der Waals surface area (Å²) in [5.41, 5.74) is -0.870. The first-order chi connectivity index (χ1) is 4.21. The van der Waals surface area contributed by atoms with Gasteiger partial charge < -0.3 is 5.11 Å². The molecule has 0 heterocycles. The quantitative estimate of drug-likeness (QED) is 0.513. The zero-order chi connectivity index (χ0) is 6.48.